The zero-order valence-corrected chi connectivity index (χ0v) is 10.3. The molecule has 84 valence electrons. The Morgan fingerprint density at radius 3 is 1.87 bits per heavy atom. The summed E-state index contributed by atoms with van der Waals surface area (Å²) < 4.78 is 0. The molecule has 1 rings (SSSR count). The van der Waals surface area contributed by atoms with Crippen LogP contribution >= 0.6 is 0 Å². The van der Waals surface area contributed by atoms with Crippen molar-refractivity contribution in [3.05, 3.63) is 35.4 Å². The number of hydrogen-bond donors (Lipinski definition) is 1. The van der Waals surface area contributed by atoms with Crippen molar-refractivity contribution in [3.8, 4) is 0 Å². The summed E-state index contributed by atoms with van der Waals surface area (Å²) in [4.78, 5) is 9.70. The van der Waals surface area contributed by atoms with Gasteiger partial charge in [-0.2, -0.15) is 0 Å². The van der Waals surface area contributed by atoms with E-state index in [0.717, 1.165) is 0 Å². The van der Waals surface area contributed by atoms with E-state index in [1.807, 2.05) is 0 Å². The highest BCUT2D eigenvalue weighted by Crippen LogP contribution is 2.13. The minimum atomic E-state index is 0.00463. The van der Waals surface area contributed by atoms with Gasteiger partial charge in [0, 0.05) is 14.0 Å². The van der Waals surface area contributed by atoms with Gasteiger partial charge in [0.1, 0.15) is 0 Å². The molecule has 2 heteroatoms. The highest BCUT2D eigenvalue weighted by Gasteiger charge is 1.95. The molecular weight excluding hydrogens is 186 g/mol. The van der Waals surface area contributed by atoms with Crippen LogP contribution in [0.3, 0.4) is 0 Å². The van der Waals surface area contributed by atoms with Crippen LogP contribution in [0.2, 0.25) is 0 Å². The third-order valence-corrected chi connectivity index (χ3v) is 2.10. The SMILES string of the molecule is CNC(C)=O.Cc1ccc(C(C)C)cc1. The molecule has 1 amide bonds. The molecule has 1 N–H and O–H groups in total. The predicted molar refractivity (Wildman–Crippen MR) is 65.0 cm³/mol. The molecule has 0 saturated carbocycles. The summed E-state index contributed by atoms with van der Waals surface area (Å²) in [6, 6.07) is 8.71. The van der Waals surface area contributed by atoms with Crippen molar-refractivity contribution in [3.63, 3.8) is 0 Å². The summed E-state index contributed by atoms with van der Waals surface area (Å²) in [6.07, 6.45) is 0. The van der Waals surface area contributed by atoms with Gasteiger partial charge in [0.25, 0.3) is 0 Å². The monoisotopic (exact) mass is 207 g/mol. The van der Waals surface area contributed by atoms with Crippen LogP contribution in [0.15, 0.2) is 24.3 Å². The van der Waals surface area contributed by atoms with E-state index in [-0.39, 0.29) is 5.91 Å². The molecule has 0 radical (unpaired) electrons. The topological polar surface area (TPSA) is 29.1 Å². The van der Waals surface area contributed by atoms with Crippen molar-refractivity contribution in [1.82, 2.24) is 5.32 Å². The molecule has 1 aromatic rings. The lowest BCUT2D eigenvalue weighted by Crippen LogP contribution is -2.11. The van der Waals surface area contributed by atoms with E-state index >= 15 is 0 Å². The lowest BCUT2D eigenvalue weighted by Gasteiger charge is -2.03. The molecule has 0 atom stereocenters. The van der Waals surface area contributed by atoms with Crippen LogP contribution in [0.1, 0.15) is 37.8 Å². The summed E-state index contributed by atoms with van der Waals surface area (Å²) in [5.41, 5.74) is 2.76. The molecule has 15 heavy (non-hydrogen) atoms. The standard InChI is InChI=1S/C10H14.C3H7NO/c1-8(2)10-6-4-9(3)5-7-10;1-3(5)4-2/h4-8H,1-3H3;1-2H3,(H,4,5). The number of nitrogens with one attached hydrogen (secondary N) is 1. The third kappa shape index (κ3) is 6.72. The lowest BCUT2D eigenvalue weighted by molar-refractivity contribution is -0.118. The molecule has 0 bridgehead atoms. The van der Waals surface area contributed by atoms with Gasteiger partial charge in [-0.1, -0.05) is 43.7 Å². The normalized spacial score (nSPS) is 9.20. The number of amides is 1. The molecular formula is C13H21NO. The molecule has 0 spiro atoms. The number of benzene rings is 1. The molecule has 0 aliphatic carbocycles. The Morgan fingerprint density at radius 1 is 1.20 bits per heavy atom. The van der Waals surface area contributed by atoms with Crippen molar-refractivity contribution in [1.29, 1.82) is 0 Å². The van der Waals surface area contributed by atoms with E-state index in [9.17, 15) is 4.79 Å². The van der Waals surface area contributed by atoms with E-state index in [0.29, 0.717) is 5.92 Å². The molecule has 0 aliphatic rings. The number of hydrogen-bond acceptors (Lipinski definition) is 1. The minimum Gasteiger partial charge on any atom is -0.359 e. The average molecular weight is 207 g/mol. The summed E-state index contributed by atoms with van der Waals surface area (Å²) in [6.45, 7) is 8.01. The van der Waals surface area contributed by atoms with Crippen LogP contribution in [0.5, 0.6) is 0 Å². The molecule has 0 aliphatic heterocycles. The highest BCUT2D eigenvalue weighted by atomic mass is 16.1. The number of rotatable bonds is 1. The second kappa shape index (κ2) is 7.04. The lowest BCUT2D eigenvalue weighted by atomic mass is 10.0. The third-order valence-electron chi connectivity index (χ3n) is 2.10. The van der Waals surface area contributed by atoms with Gasteiger partial charge >= 0.3 is 0 Å². The second-order valence-electron chi connectivity index (χ2n) is 3.87. The maximum Gasteiger partial charge on any atom is 0.216 e. The first-order valence-electron chi connectivity index (χ1n) is 5.22. The smallest absolute Gasteiger partial charge is 0.216 e. The Hall–Kier alpha value is -1.31. The maximum atomic E-state index is 9.70. The van der Waals surface area contributed by atoms with Crippen LogP contribution < -0.4 is 5.32 Å². The second-order valence-corrected chi connectivity index (χ2v) is 3.87. The number of carbonyl (C=O) groups is 1. The van der Waals surface area contributed by atoms with Gasteiger partial charge in [-0.25, -0.2) is 0 Å². The fraction of sp³-hybridized carbons (Fsp3) is 0.462. The minimum absolute atomic E-state index is 0.00463. The average Bonchev–Trinajstić information content (AvgIpc) is 2.19. The quantitative estimate of drug-likeness (QED) is 0.753. The van der Waals surface area contributed by atoms with Gasteiger partial charge in [-0.05, 0) is 18.4 Å². The van der Waals surface area contributed by atoms with Gasteiger partial charge in [0.2, 0.25) is 5.91 Å². The molecule has 0 fully saturated rings. The van der Waals surface area contributed by atoms with Crippen molar-refractivity contribution in [2.24, 2.45) is 0 Å². The molecule has 1 aromatic carbocycles. The molecule has 0 unspecified atom stereocenters. The zero-order valence-electron chi connectivity index (χ0n) is 10.3. The van der Waals surface area contributed by atoms with Gasteiger partial charge in [-0.15, -0.1) is 0 Å². The van der Waals surface area contributed by atoms with Gasteiger partial charge < -0.3 is 5.32 Å². The summed E-state index contributed by atoms with van der Waals surface area (Å²) in [5.74, 6) is 0.658. The number of aryl methyl sites for hydroxylation is 1. The largest absolute Gasteiger partial charge is 0.359 e. The number of carbonyl (C=O) groups excluding carboxylic acids is 1. The first-order valence-corrected chi connectivity index (χ1v) is 5.22. The van der Waals surface area contributed by atoms with E-state index < -0.39 is 0 Å². The first kappa shape index (κ1) is 13.7. The fourth-order valence-electron chi connectivity index (χ4n) is 0.951. The Balaban J connectivity index is 0.000000336. The predicted octanol–water partition coefficient (Wildman–Crippen LogP) is 2.87. The Labute approximate surface area is 92.7 Å². The van der Waals surface area contributed by atoms with E-state index in [4.69, 9.17) is 0 Å². The molecule has 0 aromatic heterocycles. The van der Waals surface area contributed by atoms with Crippen LogP contribution in [-0.4, -0.2) is 13.0 Å². The van der Waals surface area contributed by atoms with Gasteiger partial charge in [0.05, 0.1) is 0 Å². The van der Waals surface area contributed by atoms with Crippen LogP contribution in [0.25, 0.3) is 0 Å². The maximum absolute atomic E-state index is 9.70. The zero-order chi connectivity index (χ0) is 11.8. The summed E-state index contributed by atoms with van der Waals surface area (Å²) in [7, 11) is 1.60. The molecule has 0 saturated heterocycles. The summed E-state index contributed by atoms with van der Waals surface area (Å²) in [5, 5.41) is 2.39. The van der Waals surface area contributed by atoms with Gasteiger partial charge in [0.15, 0.2) is 0 Å². The van der Waals surface area contributed by atoms with Crippen molar-refractivity contribution >= 4 is 5.91 Å². The first-order chi connectivity index (χ1) is 6.97. The Bertz CT molecular complexity index is 288. The van der Waals surface area contributed by atoms with Crippen molar-refractivity contribution < 1.29 is 4.79 Å². The fourth-order valence-corrected chi connectivity index (χ4v) is 0.951. The van der Waals surface area contributed by atoms with Gasteiger partial charge in [-0.3, -0.25) is 4.79 Å². The van der Waals surface area contributed by atoms with E-state index in [1.165, 1.54) is 18.1 Å². The Morgan fingerprint density at radius 2 is 1.60 bits per heavy atom. The summed E-state index contributed by atoms with van der Waals surface area (Å²) >= 11 is 0. The van der Waals surface area contributed by atoms with Crippen LogP contribution in [-0.2, 0) is 4.79 Å². The van der Waals surface area contributed by atoms with Crippen LogP contribution in [0.4, 0.5) is 0 Å². The van der Waals surface area contributed by atoms with Crippen LogP contribution in [0, 0.1) is 6.92 Å². The Kier molecular flexibility index (Phi) is 6.43. The highest BCUT2D eigenvalue weighted by molar-refractivity contribution is 5.72. The molecule has 2 nitrogen and oxygen atoms in total. The van der Waals surface area contributed by atoms with E-state index in [2.05, 4.69) is 50.4 Å². The van der Waals surface area contributed by atoms with Crippen molar-refractivity contribution in [2.75, 3.05) is 7.05 Å². The molecule has 0 heterocycles. The van der Waals surface area contributed by atoms with E-state index in [1.54, 1.807) is 7.05 Å². The van der Waals surface area contributed by atoms with Crippen molar-refractivity contribution in [2.45, 2.75) is 33.6 Å².